The zero-order chi connectivity index (χ0) is 10.0. The second-order valence-corrected chi connectivity index (χ2v) is 3.70. The largest absolute Gasteiger partial charge is 0.479 e. The molecule has 0 fully saturated rings. The first-order valence-electron chi connectivity index (χ1n) is 3.38. The molecular formula is C8H6BrClO3. The van der Waals surface area contributed by atoms with Crippen LogP contribution in [0, 0.1) is 0 Å². The molecule has 0 amide bonds. The van der Waals surface area contributed by atoms with E-state index in [1.54, 1.807) is 0 Å². The maximum atomic E-state index is 10.4. The smallest absolute Gasteiger partial charge is 0.337 e. The molecule has 0 heterocycles. The molecule has 13 heavy (non-hydrogen) atoms. The average molecular weight is 265 g/mol. The van der Waals surface area contributed by atoms with Gasteiger partial charge in [-0.1, -0.05) is 33.6 Å². The summed E-state index contributed by atoms with van der Waals surface area (Å²) in [6, 6.07) is 4.52. The maximum Gasteiger partial charge on any atom is 0.337 e. The molecule has 0 bridgehead atoms. The van der Waals surface area contributed by atoms with Crippen LogP contribution in [0.2, 0.25) is 5.02 Å². The molecule has 0 spiro atoms. The van der Waals surface area contributed by atoms with Gasteiger partial charge in [-0.05, 0) is 12.1 Å². The van der Waals surface area contributed by atoms with Crippen molar-refractivity contribution in [2.24, 2.45) is 0 Å². The molecule has 0 radical (unpaired) electrons. The normalized spacial score (nSPS) is 12.5. The Bertz CT molecular complexity index is 340. The topological polar surface area (TPSA) is 57.5 Å². The van der Waals surface area contributed by atoms with Gasteiger partial charge < -0.3 is 10.2 Å². The molecule has 1 rings (SSSR count). The Kier molecular flexibility index (Phi) is 3.30. The van der Waals surface area contributed by atoms with Gasteiger partial charge in [0.05, 0.1) is 0 Å². The highest BCUT2D eigenvalue weighted by Crippen LogP contribution is 2.26. The molecule has 3 nitrogen and oxygen atoms in total. The average Bonchev–Trinajstić information content (AvgIpc) is 2.03. The predicted octanol–water partition coefficient (Wildman–Crippen LogP) is 2.22. The highest BCUT2D eigenvalue weighted by Gasteiger charge is 2.18. The van der Waals surface area contributed by atoms with Crippen molar-refractivity contribution in [2.45, 2.75) is 6.10 Å². The Morgan fingerprint density at radius 2 is 2.15 bits per heavy atom. The Hall–Kier alpha value is -0.580. The Morgan fingerprint density at radius 3 is 2.62 bits per heavy atom. The van der Waals surface area contributed by atoms with Crippen LogP contribution >= 0.6 is 27.5 Å². The molecule has 1 atom stereocenters. The van der Waals surface area contributed by atoms with Crippen LogP contribution in [0.4, 0.5) is 0 Å². The molecule has 0 saturated carbocycles. The molecule has 1 aromatic carbocycles. The van der Waals surface area contributed by atoms with E-state index in [9.17, 15) is 9.90 Å². The van der Waals surface area contributed by atoms with Gasteiger partial charge in [-0.2, -0.15) is 0 Å². The number of carboxylic acid groups (broad SMARTS) is 1. The van der Waals surface area contributed by atoms with E-state index in [-0.39, 0.29) is 5.56 Å². The summed E-state index contributed by atoms with van der Waals surface area (Å²) in [5.74, 6) is -1.29. The van der Waals surface area contributed by atoms with Gasteiger partial charge in [-0.25, -0.2) is 4.79 Å². The zero-order valence-corrected chi connectivity index (χ0v) is 8.71. The number of aliphatic carboxylic acids is 1. The molecule has 1 aromatic rings. The number of aliphatic hydroxyl groups excluding tert-OH is 1. The number of halogens is 2. The van der Waals surface area contributed by atoms with E-state index in [4.69, 9.17) is 16.7 Å². The first-order valence-corrected chi connectivity index (χ1v) is 4.55. The molecule has 70 valence electrons. The first kappa shape index (κ1) is 10.5. The van der Waals surface area contributed by atoms with Crippen LogP contribution < -0.4 is 0 Å². The summed E-state index contributed by atoms with van der Waals surface area (Å²) in [4.78, 5) is 10.4. The van der Waals surface area contributed by atoms with Crippen molar-refractivity contribution in [3.8, 4) is 0 Å². The third-order valence-corrected chi connectivity index (χ3v) is 2.41. The van der Waals surface area contributed by atoms with E-state index in [2.05, 4.69) is 15.9 Å². The number of rotatable bonds is 2. The molecule has 5 heteroatoms. The van der Waals surface area contributed by atoms with Gasteiger partial charge in [0, 0.05) is 15.1 Å². The molecule has 0 saturated heterocycles. The SMILES string of the molecule is O=C(O)[C@H](O)c1ccc(Cl)cc1Br. The molecule has 0 aliphatic heterocycles. The van der Waals surface area contributed by atoms with Crippen LogP contribution in [0.3, 0.4) is 0 Å². The lowest BCUT2D eigenvalue weighted by molar-refractivity contribution is -0.147. The van der Waals surface area contributed by atoms with Gasteiger partial charge in [-0.3, -0.25) is 0 Å². The standard InChI is InChI=1S/C8H6BrClO3/c9-6-3-4(10)1-2-5(6)7(11)8(12)13/h1-3,7,11H,(H,12,13)/t7-/m1/s1. The third-order valence-electron chi connectivity index (χ3n) is 1.49. The van der Waals surface area contributed by atoms with E-state index >= 15 is 0 Å². The van der Waals surface area contributed by atoms with Crippen LogP contribution in [-0.2, 0) is 4.79 Å². The Balaban J connectivity index is 3.08. The fraction of sp³-hybridized carbons (Fsp3) is 0.125. The second kappa shape index (κ2) is 4.09. The van der Waals surface area contributed by atoms with E-state index in [0.717, 1.165) is 0 Å². The van der Waals surface area contributed by atoms with E-state index in [1.165, 1.54) is 18.2 Å². The summed E-state index contributed by atoms with van der Waals surface area (Å²) in [7, 11) is 0. The lowest BCUT2D eigenvalue weighted by Crippen LogP contribution is -2.10. The van der Waals surface area contributed by atoms with Gasteiger partial charge in [0.25, 0.3) is 0 Å². The van der Waals surface area contributed by atoms with Gasteiger partial charge in [0.15, 0.2) is 6.10 Å². The summed E-state index contributed by atoms with van der Waals surface area (Å²) >= 11 is 8.75. The zero-order valence-electron chi connectivity index (χ0n) is 6.37. The van der Waals surface area contributed by atoms with Gasteiger partial charge in [0.1, 0.15) is 0 Å². The first-order chi connectivity index (χ1) is 6.02. The number of aliphatic hydroxyl groups is 1. The molecule has 0 aromatic heterocycles. The summed E-state index contributed by atoms with van der Waals surface area (Å²) < 4.78 is 0.481. The van der Waals surface area contributed by atoms with Crippen LogP contribution in [0.5, 0.6) is 0 Å². The lowest BCUT2D eigenvalue weighted by Gasteiger charge is -2.07. The molecular weight excluding hydrogens is 259 g/mol. The van der Waals surface area contributed by atoms with Crippen LogP contribution in [-0.4, -0.2) is 16.2 Å². The Labute approximate surface area is 88.1 Å². The quantitative estimate of drug-likeness (QED) is 0.862. The van der Waals surface area contributed by atoms with Crippen LogP contribution in [0.25, 0.3) is 0 Å². The minimum Gasteiger partial charge on any atom is -0.479 e. The summed E-state index contributed by atoms with van der Waals surface area (Å²) in [5, 5.41) is 18.2. The molecule has 2 N–H and O–H groups in total. The number of carboxylic acids is 1. The predicted molar refractivity (Wildman–Crippen MR) is 51.7 cm³/mol. The fourth-order valence-corrected chi connectivity index (χ4v) is 1.76. The van der Waals surface area contributed by atoms with E-state index < -0.39 is 12.1 Å². The highest BCUT2D eigenvalue weighted by atomic mass is 79.9. The van der Waals surface area contributed by atoms with Crippen molar-refractivity contribution in [3.63, 3.8) is 0 Å². The minimum atomic E-state index is -1.52. The monoisotopic (exact) mass is 264 g/mol. The van der Waals surface area contributed by atoms with E-state index in [1.807, 2.05) is 0 Å². The van der Waals surface area contributed by atoms with Crippen molar-refractivity contribution in [3.05, 3.63) is 33.3 Å². The molecule has 0 aliphatic rings. The van der Waals surface area contributed by atoms with Crippen LogP contribution in [0.1, 0.15) is 11.7 Å². The summed E-state index contributed by atoms with van der Waals surface area (Å²) in [6.07, 6.45) is -1.52. The molecule has 0 unspecified atom stereocenters. The summed E-state index contributed by atoms with van der Waals surface area (Å²) in [6.45, 7) is 0. The number of hydrogen-bond acceptors (Lipinski definition) is 2. The number of carbonyl (C=O) groups is 1. The van der Waals surface area contributed by atoms with Gasteiger partial charge in [-0.15, -0.1) is 0 Å². The fourth-order valence-electron chi connectivity index (χ4n) is 0.856. The van der Waals surface area contributed by atoms with Crippen molar-refractivity contribution >= 4 is 33.5 Å². The van der Waals surface area contributed by atoms with E-state index in [0.29, 0.717) is 9.50 Å². The van der Waals surface area contributed by atoms with Crippen molar-refractivity contribution in [2.75, 3.05) is 0 Å². The van der Waals surface area contributed by atoms with Crippen molar-refractivity contribution < 1.29 is 15.0 Å². The maximum absolute atomic E-state index is 10.4. The highest BCUT2D eigenvalue weighted by molar-refractivity contribution is 9.10. The van der Waals surface area contributed by atoms with Gasteiger partial charge >= 0.3 is 5.97 Å². The second-order valence-electron chi connectivity index (χ2n) is 2.41. The number of benzene rings is 1. The van der Waals surface area contributed by atoms with Gasteiger partial charge in [0.2, 0.25) is 0 Å². The molecule has 0 aliphatic carbocycles. The van der Waals surface area contributed by atoms with Crippen molar-refractivity contribution in [1.82, 2.24) is 0 Å². The van der Waals surface area contributed by atoms with Crippen LogP contribution in [0.15, 0.2) is 22.7 Å². The van der Waals surface area contributed by atoms with Crippen molar-refractivity contribution in [1.29, 1.82) is 0 Å². The third kappa shape index (κ3) is 2.43. The Morgan fingerprint density at radius 1 is 1.54 bits per heavy atom. The minimum absolute atomic E-state index is 0.289. The lowest BCUT2D eigenvalue weighted by atomic mass is 10.1. The number of hydrogen-bond donors (Lipinski definition) is 2. The summed E-state index contributed by atoms with van der Waals surface area (Å²) in [5.41, 5.74) is 0.289.